The first kappa shape index (κ1) is 13.0. The highest BCUT2D eigenvalue weighted by molar-refractivity contribution is 9.09. The maximum Gasteiger partial charge on any atom is 0.435 e. The highest BCUT2D eigenvalue weighted by atomic mass is 79.9. The second-order valence-corrected chi connectivity index (χ2v) is 4.34. The molecular weight excluding hydrogens is 291 g/mol. The predicted octanol–water partition coefficient (Wildman–Crippen LogP) is 2.17. The Morgan fingerprint density at radius 2 is 2.19 bits per heavy atom. The van der Waals surface area contributed by atoms with Crippen molar-refractivity contribution in [3.05, 3.63) is 17.5 Å². The quantitative estimate of drug-likeness (QED) is 0.851. The van der Waals surface area contributed by atoms with Gasteiger partial charge in [-0.25, -0.2) is 4.68 Å². The van der Waals surface area contributed by atoms with Crippen LogP contribution in [-0.4, -0.2) is 22.7 Å². The molecule has 0 saturated carbocycles. The van der Waals surface area contributed by atoms with Gasteiger partial charge in [-0.2, -0.15) is 18.3 Å². The van der Waals surface area contributed by atoms with Crippen molar-refractivity contribution in [2.45, 2.75) is 18.1 Å². The minimum absolute atomic E-state index is 0.140. The summed E-state index contributed by atoms with van der Waals surface area (Å²) in [5, 5.41) is 5.59. The Morgan fingerprint density at radius 1 is 1.62 bits per heavy atom. The van der Waals surface area contributed by atoms with Crippen LogP contribution < -0.4 is 5.32 Å². The fourth-order valence-corrected chi connectivity index (χ4v) is 1.41. The number of halogens is 4. The summed E-state index contributed by atoms with van der Waals surface area (Å²) in [6.07, 6.45) is -4.56. The summed E-state index contributed by atoms with van der Waals surface area (Å²) in [7, 11) is 1.34. The molecule has 0 bridgehead atoms. The Hall–Kier alpha value is -1.05. The highest BCUT2D eigenvalue weighted by Gasteiger charge is 2.36. The lowest BCUT2D eigenvalue weighted by molar-refractivity contribution is -0.141. The smallest absolute Gasteiger partial charge is 0.354 e. The number of nitrogens with zero attached hydrogens (tertiary/aromatic N) is 2. The molecule has 1 atom stereocenters. The predicted molar refractivity (Wildman–Crippen MR) is 54.3 cm³/mol. The zero-order valence-corrected chi connectivity index (χ0v) is 10.1. The molecule has 90 valence electrons. The van der Waals surface area contributed by atoms with E-state index in [0.717, 1.165) is 10.7 Å². The van der Waals surface area contributed by atoms with Gasteiger partial charge in [-0.1, -0.05) is 15.9 Å². The molecule has 0 spiro atoms. The number of amides is 1. The standard InChI is InChI=1S/C8H9BrF3N3O/c1-4(9)15-5(7(16)13-2)3-6(14-15)8(10,11)12/h3-4H,1-2H3,(H,13,16). The molecule has 1 aromatic heterocycles. The molecule has 0 aromatic carbocycles. The molecule has 0 aliphatic heterocycles. The van der Waals surface area contributed by atoms with Gasteiger partial charge in [0.25, 0.3) is 5.91 Å². The van der Waals surface area contributed by atoms with Crippen molar-refractivity contribution in [1.82, 2.24) is 15.1 Å². The number of hydrogen-bond acceptors (Lipinski definition) is 2. The van der Waals surface area contributed by atoms with E-state index < -0.39 is 22.7 Å². The molecule has 0 fully saturated rings. The summed E-state index contributed by atoms with van der Waals surface area (Å²) >= 11 is 3.06. The average molecular weight is 300 g/mol. The largest absolute Gasteiger partial charge is 0.435 e. The van der Waals surface area contributed by atoms with Crippen LogP contribution in [0.25, 0.3) is 0 Å². The van der Waals surface area contributed by atoms with E-state index in [4.69, 9.17) is 0 Å². The summed E-state index contributed by atoms with van der Waals surface area (Å²) < 4.78 is 38.1. The lowest BCUT2D eigenvalue weighted by Crippen LogP contribution is -2.22. The van der Waals surface area contributed by atoms with Crippen LogP contribution in [0.1, 0.15) is 28.1 Å². The first-order valence-corrected chi connectivity index (χ1v) is 5.22. The highest BCUT2D eigenvalue weighted by Crippen LogP contribution is 2.30. The molecule has 1 unspecified atom stereocenters. The van der Waals surface area contributed by atoms with Crippen LogP contribution in [0.3, 0.4) is 0 Å². The molecule has 1 rings (SSSR count). The molecule has 1 aromatic rings. The molecule has 0 radical (unpaired) electrons. The topological polar surface area (TPSA) is 46.9 Å². The van der Waals surface area contributed by atoms with Crippen LogP contribution >= 0.6 is 15.9 Å². The number of aromatic nitrogens is 2. The number of hydrogen-bond donors (Lipinski definition) is 1. The van der Waals surface area contributed by atoms with Crippen molar-refractivity contribution in [2.24, 2.45) is 0 Å². The number of nitrogens with one attached hydrogen (secondary N) is 1. The minimum Gasteiger partial charge on any atom is -0.354 e. The van der Waals surface area contributed by atoms with Gasteiger partial charge in [0.15, 0.2) is 5.69 Å². The van der Waals surface area contributed by atoms with Crippen molar-refractivity contribution < 1.29 is 18.0 Å². The molecule has 0 aliphatic carbocycles. The molecule has 1 amide bonds. The van der Waals surface area contributed by atoms with Gasteiger partial charge in [-0.3, -0.25) is 4.79 Å². The van der Waals surface area contributed by atoms with E-state index in [1.54, 1.807) is 6.92 Å². The van der Waals surface area contributed by atoms with Crippen LogP contribution in [0, 0.1) is 0 Å². The molecule has 16 heavy (non-hydrogen) atoms. The second-order valence-electron chi connectivity index (χ2n) is 3.01. The van der Waals surface area contributed by atoms with Crippen LogP contribution in [-0.2, 0) is 6.18 Å². The zero-order valence-electron chi connectivity index (χ0n) is 8.47. The Labute approximate surface area is 97.9 Å². The molecule has 1 heterocycles. The van der Waals surface area contributed by atoms with Crippen molar-refractivity contribution in [2.75, 3.05) is 7.05 Å². The van der Waals surface area contributed by atoms with Gasteiger partial charge >= 0.3 is 6.18 Å². The first-order valence-electron chi connectivity index (χ1n) is 4.30. The van der Waals surface area contributed by atoms with Crippen LogP contribution in [0.15, 0.2) is 6.07 Å². The third kappa shape index (κ3) is 2.55. The van der Waals surface area contributed by atoms with Gasteiger partial charge in [-0.15, -0.1) is 0 Å². The Morgan fingerprint density at radius 3 is 2.56 bits per heavy atom. The minimum atomic E-state index is -4.56. The van der Waals surface area contributed by atoms with E-state index in [2.05, 4.69) is 26.3 Å². The zero-order chi connectivity index (χ0) is 12.5. The number of alkyl halides is 4. The van der Waals surface area contributed by atoms with Gasteiger partial charge in [0.2, 0.25) is 0 Å². The lowest BCUT2D eigenvalue weighted by atomic mass is 10.3. The van der Waals surface area contributed by atoms with Gasteiger partial charge in [0, 0.05) is 13.1 Å². The van der Waals surface area contributed by atoms with Crippen molar-refractivity contribution in [3.63, 3.8) is 0 Å². The van der Waals surface area contributed by atoms with Crippen molar-refractivity contribution in [3.8, 4) is 0 Å². The summed E-state index contributed by atoms with van der Waals surface area (Å²) in [6.45, 7) is 1.57. The third-order valence-corrected chi connectivity index (χ3v) is 2.21. The second kappa shape index (κ2) is 4.44. The summed E-state index contributed by atoms with van der Waals surface area (Å²) in [6, 6.07) is 0.719. The Balaban J connectivity index is 3.26. The molecule has 4 nitrogen and oxygen atoms in total. The monoisotopic (exact) mass is 299 g/mol. The normalized spacial score (nSPS) is 13.6. The molecule has 0 aliphatic rings. The first-order chi connectivity index (χ1) is 7.27. The van der Waals surface area contributed by atoms with Gasteiger partial charge in [-0.05, 0) is 6.92 Å². The van der Waals surface area contributed by atoms with Gasteiger partial charge in [0.05, 0.1) is 0 Å². The van der Waals surface area contributed by atoms with Crippen LogP contribution in [0.2, 0.25) is 0 Å². The van der Waals surface area contributed by atoms with Crippen LogP contribution in [0.5, 0.6) is 0 Å². The summed E-state index contributed by atoms with van der Waals surface area (Å²) in [4.78, 5) is 10.8. The van der Waals surface area contributed by atoms with Crippen molar-refractivity contribution in [1.29, 1.82) is 0 Å². The number of rotatable bonds is 2. The summed E-state index contributed by atoms with van der Waals surface area (Å²) in [5.74, 6) is -0.616. The van der Waals surface area contributed by atoms with Crippen molar-refractivity contribution >= 4 is 21.8 Å². The molecule has 1 N–H and O–H groups in total. The number of carbonyl (C=O) groups excluding carboxylic acids is 1. The fraction of sp³-hybridized carbons (Fsp3) is 0.500. The maximum absolute atomic E-state index is 12.4. The van der Waals surface area contributed by atoms with E-state index in [1.807, 2.05) is 0 Å². The van der Waals surface area contributed by atoms with Gasteiger partial charge < -0.3 is 5.32 Å². The molecule has 0 saturated heterocycles. The van der Waals surface area contributed by atoms with E-state index in [-0.39, 0.29) is 5.69 Å². The van der Waals surface area contributed by atoms with Crippen LogP contribution in [0.4, 0.5) is 13.2 Å². The Bertz CT molecular complexity index is 400. The molecular formula is C8H9BrF3N3O. The average Bonchev–Trinajstić information content (AvgIpc) is 2.60. The summed E-state index contributed by atoms with van der Waals surface area (Å²) in [5.41, 5.74) is -1.23. The molecule has 8 heteroatoms. The SMILES string of the molecule is CNC(=O)c1cc(C(F)(F)F)nn1C(C)Br. The third-order valence-electron chi connectivity index (χ3n) is 1.82. The van der Waals surface area contributed by atoms with E-state index >= 15 is 0 Å². The fourth-order valence-electron chi connectivity index (χ4n) is 1.10. The van der Waals surface area contributed by atoms with E-state index in [9.17, 15) is 18.0 Å². The lowest BCUT2D eigenvalue weighted by Gasteiger charge is -2.07. The maximum atomic E-state index is 12.4. The number of carbonyl (C=O) groups is 1. The van der Waals surface area contributed by atoms with E-state index in [0.29, 0.717) is 0 Å². The van der Waals surface area contributed by atoms with E-state index in [1.165, 1.54) is 7.05 Å². The van der Waals surface area contributed by atoms with Gasteiger partial charge in [0.1, 0.15) is 10.6 Å². The Kier molecular flexibility index (Phi) is 3.61.